The van der Waals surface area contributed by atoms with Gasteiger partial charge in [0.15, 0.2) is 5.75 Å². The van der Waals surface area contributed by atoms with E-state index < -0.39 is 23.4 Å². The van der Waals surface area contributed by atoms with E-state index in [2.05, 4.69) is 10.1 Å². The number of fused-ring (bicyclic) bond motifs is 1. The molecule has 0 aliphatic carbocycles. The SMILES string of the molecule is O=C1Nc2c(ccc(Cl)c2OC(F)(F)F)C1(c1ccc(O)cc1)c1ccc(O)cc1. The summed E-state index contributed by atoms with van der Waals surface area (Å²) in [5.74, 6) is -1.44. The third-order valence-corrected chi connectivity index (χ3v) is 5.21. The van der Waals surface area contributed by atoms with E-state index in [0.717, 1.165) is 0 Å². The molecule has 9 heteroatoms. The number of amides is 1. The Hall–Kier alpha value is -3.39. The van der Waals surface area contributed by atoms with Gasteiger partial charge in [-0.2, -0.15) is 0 Å². The molecule has 0 spiro atoms. The molecule has 1 aliphatic rings. The molecular weight excluding hydrogens is 423 g/mol. The van der Waals surface area contributed by atoms with Crippen molar-refractivity contribution in [1.29, 1.82) is 0 Å². The van der Waals surface area contributed by atoms with E-state index in [1.54, 1.807) is 0 Å². The van der Waals surface area contributed by atoms with Gasteiger partial charge in [0.05, 0.1) is 10.7 Å². The number of phenolic OH excluding ortho intramolecular Hbond substituents is 2. The van der Waals surface area contributed by atoms with E-state index in [1.807, 2.05) is 0 Å². The minimum absolute atomic E-state index is 0.0459. The van der Waals surface area contributed by atoms with Gasteiger partial charge >= 0.3 is 6.36 Å². The molecule has 1 heterocycles. The number of phenols is 2. The predicted octanol–water partition coefficient (Wildman–Crippen LogP) is 4.94. The molecule has 0 atom stereocenters. The Balaban J connectivity index is 2.04. The smallest absolute Gasteiger partial charge is 0.508 e. The van der Waals surface area contributed by atoms with Crippen LogP contribution in [0.15, 0.2) is 60.7 Å². The van der Waals surface area contributed by atoms with Crippen molar-refractivity contribution in [3.05, 3.63) is 82.4 Å². The molecule has 0 bridgehead atoms. The summed E-state index contributed by atoms with van der Waals surface area (Å²) in [5, 5.41) is 21.5. The number of halogens is 4. The third-order valence-electron chi connectivity index (χ3n) is 4.91. The summed E-state index contributed by atoms with van der Waals surface area (Å²) in [6, 6.07) is 14.1. The molecule has 0 saturated heterocycles. The predicted molar refractivity (Wildman–Crippen MR) is 103 cm³/mol. The lowest BCUT2D eigenvalue weighted by Gasteiger charge is -2.29. The van der Waals surface area contributed by atoms with Crippen molar-refractivity contribution in [2.24, 2.45) is 0 Å². The largest absolute Gasteiger partial charge is 0.573 e. The number of carbonyl (C=O) groups excluding carboxylic acids is 1. The average molecular weight is 436 g/mol. The average Bonchev–Trinajstić information content (AvgIpc) is 2.98. The maximum absolute atomic E-state index is 13.3. The van der Waals surface area contributed by atoms with Crippen LogP contribution in [0.2, 0.25) is 5.02 Å². The molecule has 154 valence electrons. The number of rotatable bonds is 3. The highest BCUT2D eigenvalue weighted by molar-refractivity contribution is 6.33. The maximum atomic E-state index is 13.3. The van der Waals surface area contributed by atoms with Crippen molar-refractivity contribution in [2.75, 3.05) is 5.32 Å². The van der Waals surface area contributed by atoms with Crippen LogP contribution < -0.4 is 10.1 Å². The summed E-state index contributed by atoms with van der Waals surface area (Å²) in [4.78, 5) is 13.3. The van der Waals surface area contributed by atoms with E-state index in [9.17, 15) is 28.2 Å². The van der Waals surface area contributed by atoms with Crippen molar-refractivity contribution >= 4 is 23.2 Å². The fourth-order valence-electron chi connectivity index (χ4n) is 3.70. The van der Waals surface area contributed by atoms with Gasteiger partial charge in [-0.15, -0.1) is 13.2 Å². The minimum Gasteiger partial charge on any atom is -0.508 e. The van der Waals surface area contributed by atoms with Crippen molar-refractivity contribution in [3.8, 4) is 17.2 Å². The molecule has 0 radical (unpaired) electrons. The standard InChI is InChI=1S/C21H13ClF3NO4/c22-16-10-9-15-17(18(16)30-21(23,24)25)26-19(29)20(15,11-1-5-13(27)6-2-11)12-3-7-14(28)8-4-12/h1-10,27-28H,(H,26,29). The molecule has 0 saturated carbocycles. The first-order valence-corrected chi connectivity index (χ1v) is 9.00. The molecular formula is C21H13ClF3NO4. The van der Waals surface area contributed by atoms with Crippen molar-refractivity contribution in [3.63, 3.8) is 0 Å². The van der Waals surface area contributed by atoms with Gasteiger partial charge in [-0.1, -0.05) is 41.9 Å². The van der Waals surface area contributed by atoms with E-state index in [0.29, 0.717) is 11.1 Å². The second-order valence-corrected chi connectivity index (χ2v) is 7.05. The summed E-state index contributed by atoms with van der Waals surface area (Å²) in [5.41, 5.74) is -0.797. The number of carbonyl (C=O) groups is 1. The Kier molecular flexibility index (Phi) is 4.54. The van der Waals surface area contributed by atoms with Crippen molar-refractivity contribution in [2.45, 2.75) is 11.8 Å². The lowest BCUT2D eigenvalue weighted by atomic mass is 9.70. The lowest BCUT2D eigenvalue weighted by Crippen LogP contribution is -2.36. The highest BCUT2D eigenvalue weighted by atomic mass is 35.5. The van der Waals surface area contributed by atoms with Gasteiger partial charge in [-0.3, -0.25) is 4.79 Å². The number of ether oxygens (including phenoxy) is 1. The number of nitrogens with one attached hydrogen (secondary N) is 1. The fourth-order valence-corrected chi connectivity index (χ4v) is 3.90. The van der Waals surface area contributed by atoms with Gasteiger partial charge in [0.2, 0.25) is 5.91 Å². The normalized spacial score (nSPS) is 14.9. The fraction of sp³-hybridized carbons (Fsp3) is 0.0952. The molecule has 4 rings (SSSR count). The zero-order valence-corrected chi connectivity index (χ0v) is 15.8. The highest BCUT2D eigenvalue weighted by Crippen LogP contribution is 2.53. The number of hydrogen-bond donors (Lipinski definition) is 3. The number of alkyl halides is 3. The van der Waals surface area contributed by atoms with E-state index >= 15 is 0 Å². The summed E-state index contributed by atoms with van der Waals surface area (Å²) < 4.78 is 43.0. The van der Waals surface area contributed by atoms with Crippen LogP contribution in [-0.2, 0) is 10.2 Å². The molecule has 0 aromatic heterocycles. The van der Waals surface area contributed by atoms with Crippen molar-refractivity contribution in [1.82, 2.24) is 0 Å². The van der Waals surface area contributed by atoms with E-state index in [-0.39, 0.29) is 27.8 Å². The quantitative estimate of drug-likeness (QED) is 0.544. The zero-order valence-electron chi connectivity index (χ0n) is 15.0. The van der Waals surface area contributed by atoms with Gasteiger partial charge in [0.1, 0.15) is 16.9 Å². The summed E-state index contributed by atoms with van der Waals surface area (Å²) in [6.07, 6.45) is -5.02. The summed E-state index contributed by atoms with van der Waals surface area (Å²) in [7, 11) is 0. The Morgan fingerprint density at radius 2 is 1.37 bits per heavy atom. The van der Waals surface area contributed by atoms with Crippen LogP contribution in [0.5, 0.6) is 17.2 Å². The molecule has 3 aromatic rings. The van der Waals surface area contributed by atoms with Crippen LogP contribution in [0.25, 0.3) is 0 Å². The molecule has 30 heavy (non-hydrogen) atoms. The lowest BCUT2D eigenvalue weighted by molar-refractivity contribution is -0.274. The first-order valence-electron chi connectivity index (χ1n) is 8.62. The first-order chi connectivity index (χ1) is 14.1. The molecule has 1 aliphatic heterocycles. The second kappa shape index (κ2) is 6.84. The number of aromatic hydroxyl groups is 2. The second-order valence-electron chi connectivity index (χ2n) is 6.64. The van der Waals surface area contributed by atoms with Crippen LogP contribution in [0.1, 0.15) is 16.7 Å². The molecule has 3 N–H and O–H groups in total. The van der Waals surface area contributed by atoms with Gasteiger partial charge in [-0.05, 0) is 41.5 Å². The molecule has 0 fully saturated rings. The highest BCUT2D eigenvalue weighted by Gasteiger charge is 2.51. The zero-order chi connectivity index (χ0) is 21.7. The van der Waals surface area contributed by atoms with Gasteiger partial charge in [0.25, 0.3) is 0 Å². The van der Waals surface area contributed by atoms with E-state index in [4.69, 9.17) is 11.6 Å². The summed E-state index contributed by atoms with van der Waals surface area (Å²) >= 11 is 5.95. The molecule has 0 unspecified atom stereocenters. The molecule has 3 aromatic carbocycles. The van der Waals surface area contributed by atoms with Crippen LogP contribution >= 0.6 is 11.6 Å². The minimum atomic E-state index is -5.02. The van der Waals surface area contributed by atoms with Gasteiger partial charge in [0, 0.05) is 5.56 Å². The monoisotopic (exact) mass is 435 g/mol. The van der Waals surface area contributed by atoms with Crippen LogP contribution in [-0.4, -0.2) is 22.5 Å². The third kappa shape index (κ3) is 3.09. The summed E-state index contributed by atoms with van der Waals surface area (Å²) in [6.45, 7) is 0. The Labute approximate surface area is 173 Å². The molecule has 5 nitrogen and oxygen atoms in total. The number of benzene rings is 3. The Morgan fingerprint density at radius 1 is 0.867 bits per heavy atom. The topological polar surface area (TPSA) is 78.8 Å². The number of anilines is 1. The first kappa shape index (κ1) is 19.9. The van der Waals surface area contributed by atoms with Gasteiger partial charge < -0.3 is 20.3 Å². The van der Waals surface area contributed by atoms with Gasteiger partial charge in [-0.25, -0.2) is 0 Å². The van der Waals surface area contributed by atoms with Crippen LogP contribution in [0, 0.1) is 0 Å². The van der Waals surface area contributed by atoms with E-state index in [1.165, 1.54) is 60.7 Å². The van der Waals surface area contributed by atoms with Crippen molar-refractivity contribution < 1.29 is 32.9 Å². The Morgan fingerprint density at radius 3 is 1.83 bits per heavy atom. The maximum Gasteiger partial charge on any atom is 0.573 e. The Bertz CT molecular complexity index is 1080. The van der Waals surface area contributed by atoms with Crippen LogP contribution in [0.4, 0.5) is 18.9 Å². The molecule has 1 amide bonds. The number of hydrogen-bond acceptors (Lipinski definition) is 4. The van der Waals surface area contributed by atoms with Crippen LogP contribution in [0.3, 0.4) is 0 Å².